The van der Waals surface area contributed by atoms with Crippen LogP contribution in [0, 0.1) is 0 Å². The van der Waals surface area contributed by atoms with E-state index < -0.39 is 0 Å². The summed E-state index contributed by atoms with van der Waals surface area (Å²) in [5, 5.41) is 0. The van der Waals surface area contributed by atoms with Crippen LogP contribution >= 0.6 is 0 Å². The van der Waals surface area contributed by atoms with Crippen molar-refractivity contribution in [3.05, 3.63) is 103 Å². The van der Waals surface area contributed by atoms with Crippen molar-refractivity contribution in [3.8, 4) is 33.5 Å². The van der Waals surface area contributed by atoms with Crippen molar-refractivity contribution in [2.45, 2.75) is 0 Å². The van der Waals surface area contributed by atoms with Gasteiger partial charge in [0.25, 0.3) is 0 Å². The predicted octanol–water partition coefficient (Wildman–Crippen LogP) is 5.70. The smallest absolute Gasteiger partial charge is 0.0714 e. The fraction of sp³-hybridized carbons (Fsp3) is 0. The lowest BCUT2D eigenvalue weighted by atomic mass is 9.96. The Balaban J connectivity index is 0.00000182. The molecule has 25 heavy (non-hydrogen) atoms. The minimum absolute atomic E-state index is 0. The summed E-state index contributed by atoms with van der Waals surface area (Å²) in [6, 6.07) is 33.5. The molecule has 0 aliphatic heterocycles. The number of rotatable bonds is 3. The van der Waals surface area contributed by atoms with Crippen molar-refractivity contribution in [2.75, 3.05) is 0 Å². The van der Waals surface area contributed by atoms with Gasteiger partial charge in [-0.1, -0.05) is 84.9 Å². The van der Waals surface area contributed by atoms with E-state index in [9.17, 15) is 0 Å². The molecule has 0 saturated carbocycles. The maximum absolute atomic E-state index is 4.62. The maximum atomic E-state index is 4.62. The van der Waals surface area contributed by atoms with Gasteiger partial charge in [0.15, 0.2) is 0 Å². The van der Waals surface area contributed by atoms with Crippen LogP contribution in [0.15, 0.2) is 103 Å². The molecule has 4 aromatic rings. The van der Waals surface area contributed by atoms with Gasteiger partial charge in [-0.2, -0.15) is 0 Å². The summed E-state index contributed by atoms with van der Waals surface area (Å²) < 4.78 is 0. The largest absolute Gasteiger partial charge is 0.256 e. The Morgan fingerprint density at radius 3 is 1.72 bits per heavy atom. The van der Waals surface area contributed by atoms with E-state index in [0.29, 0.717) is 0 Å². The Morgan fingerprint density at radius 1 is 0.480 bits per heavy atom. The molecule has 3 radical (unpaired) electrons. The minimum atomic E-state index is 0. The number of pyridine rings is 1. The van der Waals surface area contributed by atoms with Crippen LogP contribution in [0.1, 0.15) is 0 Å². The zero-order chi connectivity index (χ0) is 16.2. The molecule has 0 aliphatic rings. The van der Waals surface area contributed by atoms with Crippen molar-refractivity contribution in [2.24, 2.45) is 0 Å². The lowest BCUT2D eigenvalue weighted by Gasteiger charge is -2.10. The Hall–Kier alpha value is -3.13. The molecule has 3 aromatic carbocycles. The first-order chi connectivity index (χ1) is 11.9. The lowest BCUT2D eigenvalue weighted by molar-refractivity contribution is 1.33. The van der Waals surface area contributed by atoms with Crippen molar-refractivity contribution < 1.29 is 0 Å². The van der Waals surface area contributed by atoms with Gasteiger partial charge >= 0.3 is 0 Å². The molecule has 0 bridgehead atoms. The van der Waals surface area contributed by atoms with Crippen LogP contribution in [-0.2, 0) is 0 Å². The van der Waals surface area contributed by atoms with Gasteiger partial charge in [-0.3, -0.25) is 4.98 Å². The van der Waals surface area contributed by atoms with E-state index in [1.54, 1.807) is 0 Å². The highest BCUT2D eigenvalue weighted by atomic mass is 14.7. The van der Waals surface area contributed by atoms with Gasteiger partial charge in [-0.25, -0.2) is 0 Å². The monoisotopic (exact) mass is 318 g/mol. The molecular formula is C23H17BN. The molecule has 0 aliphatic carbocycles. The molecule has 0 fully saturated rings. The Labute approximate surface area is 150 Å². The second-order valence-corrected chi connectivity index (χ2v) is 5.71. The highest BCUT2D eigenvalue weighted by Gasteiger charge is 2.08. The summed E-state index contributed by atoms with van der Waals surface area (Å²) in [4.78, 5) is 4.62. The number of benzene rings is 3. The average Bonchev–Trinajstić information content (AvgIpc) is 2.69. The van der Waals surface area contributed by atoms with Crippen LogP contribution in [0.3, 0.4) is 0 Å². The third kappa shape index (κ3) is 3.53. The molecular weight excluding hydrogens is 301 g/mol. The number of aromatic nitrogens is 1. The van der Waals surface area contributed by atoms with E-state index in [1.807, 2.05) is 18.3 Å². The van der Waals surface area contributed by atoms with Crippen molar-refractivity contribution in [3.63, 3.8) is 0 Å². The van der Waals surface area contributed by atoms with E-state index in [2.05, 4.69) is 89.9 Å². The quantitative estimate of drug-likeness (QED) is 0.441. The van der Waals surface area contributed by atoms with Gasteiger partial charge in [0, 0.05) is 20.2 Å². The number of nitrogens with zero attached hydrogens (tertiary/aromatic N) is 1. The normalized spacial score (nSPS) is 10.1. The number of hydrogen-bond donors (Lipinski definition) is 0. The van der Waals surface area contributed by atoms with Crippen LogP contribution in [0.5, 0.6) is 0 Å². The topological polar surface area (TPSA) is 12.9 Å². The van der Waals surface area contributed by atoms with E-state index in [1.165, 1.54) is 22.3 Å². The summed E-state index contributed by atoms with van der Waals surface area (Å²) in [5.74, 6) is 0. The van der Waals surface area contributed by atoms with Gasteiger partial charge in [0.05, 0.1) is 5.69 Å². The molecule has 0 amide bonds. The van der Waals surface area contributed by atoms with Gasteiger partial charge in [0.1, 0.15) is 0 Å². The minimum Gasteiger partial charge on any atom is -0.256 e. The summed E-state index contributed by atoms with van der Waals surface area (Å²) in [6.45, 7) is 0. The second-order valence-electron chi connectivity index (χ2n) is 5.71. The fourth-order valence-electron chi connectivity index (χ4n) is 2.96. The summed E-state index contributed by atoms with van der Waals surface area (Å²) in [6.07, 6.45) is 1.89. The van der Waals surface area contributed by atoms with Crippen LogP contribution in [-0.4, -0.2) is 13.4 Å². The Bertz CT molecular complexity index is 950. The van der Waals surface area contributed by atoms with Crippen LogP contribution < -0.4 is 0 Å². The lowest BCUT2D eigenvalue weighted by Crippen LogP contribution is -1.89. The third-order valence-electron chi connectivity index (χ3n) is 4.15. The van der Waals surface area contributed by atoms with Gasteiger partial charge in [-0.15, -0.1) is 0 Å². The van der Waals surface area contributed by atoms with E-state index >= 15 is 0 Å². The molecule has 1 aromatic heterocycles. The zero-order valence-corrected chi connectivity index (χ0v) is 13.8. The molecule has 1 heterocycles. The van der Waals surface area contributed by atoms with Gasteiger partial charge in [-0.05, 0) is 34.4 Å². The fourth-order valence-corrected chi connectivity index (χ4v) is 2.96. The summed E-state index contributed by atoms with van der Waals surface area (Å²) in [7, 11) is 0. The molecule has 1 nitrogen and oxygen atoms in total. The van der Waals surface area contributed by atoms with Crippen LogP contribution in [0.25, 0.3) is 33.5 Å². The Morgan fingerprint density at radius 2 is 1.04 bits per heavy atom. The van der Waals surface area contributed by atoms with E-state index in [0.717, 1.165) is 11.3 Å². The summed E-state index contributed by atoms with van der Waals surface area (Å²) in [5.41, 5.74) is 6.95. The molecule has 2 heteroatoms. The number of hydrogen-bond acceptors (Lipinski definition) is 1. The van der Waals surface area contributed by atoms with Crippen LogP contribution in [0.2, 0.25) is 0 Å². The zero-order valence-electron chi connectivity index (χ0n) is 13.8. The second kappa shape index (κ2) is 7.63. The predicted molar refractivity (Wildman–Crippen MR) is 106 cm³/mol. The van der Waals surface area contributed by atoms with Crippen molar-refractivity contribution in [1.82, 2.24) is 4.98 Å². The molecule has 0 N–H and O–H groups in total. The SMILES string of the molecule is [B].c1ccc(-c2ccnc(-c3ccccc3-c3ccccc3)c2)cc1. The first-order valence-corrected chi connectivity index (χ1v) is 8.08. The summed E-state index contributed by atoms with van der Waals surface area (Å²) >= 11 is 0. The van der Waals surface area contributed by atoms with E-state index in [-0.39, 0.29) is 8.41 Å². The van der Waals surface area contributed by atoms with Crippen molar-refractivity contribution >= 4 is 8.41 Å². The maximum Gasteiger partial charge on any atom is 0.0714 e. The molecule has 4 rings (SSSR count). The van der Waals surface area contributed by atoms with Gasteiger partial charge < -0.3 is 0 Å². The molecule has 0 atom stereocenters. The molecule has 0 saturated heterocycles. The molecule has 0 spiro atoms. The van der Waals surface area contributed by atoms with Gasteiger partial charge in [0.2, 0.25) is 0 Å². The van der Waals surface area contributed by atoms with Crippen molar-refractivity contribution in [1.29, 1.82) is 0 Å². The standard InChI is InChI=1S/C23H17N.B/c1-3-9-18(10-4-1)20-15-16-24-23(17-20)22-14-8-7-13-21(22)19-11-5-2-6-12-19;/h1-17H;. The van der Waals surface area contributed by atoms with E-state index in [4.69, 9.17) is 0 Å². The first-order valence-electron chi connectivity index (χ1n) is 8.08. The average molecular weight is 318 g/mol. The van der Waals surface area contributed by atoms with Crippen LogP contribution in [0.4, 0.5) is 0 Å². The first kappa shape index (κ1) is 16.7. The Kier molecular flexibility index (Phi) is 5.10. The highest BCUT2D eigenvalue weighted by molar-refractivity contribution is 5.83. The third-order valence-corrected chi connectivity index (χ3v) is 4.15. The highest BCUT2D eigenvalue weighted by Crippen LogP contribution is 2.32. The molecule has 117 valence electrons. The molecule has 0 unspecified atom stereocenters.